The number of aromatic nitrogens is 1. The summed E-state index contributed by atoms with van der Waals surface area (Å²) in [5, 5.41) is 11.7. The van der Waals surface area contributed by atoms with Gasteiger partial charge in [-0.25, -0.2) is 9.59 Å². The van der Waals surface area contributed by atoms with Gasteiger partial charge in [0.2, 0.25) is 0 Å². The Hall–Kier alpha value is -1.98. The fourth-order valence-electron chi connectivity index (χ4n) is 2.19. The van der Waals surface area contributed by atoms with Gasteiger partial charge in [-0.3, -0.25) is 0 Å². The predicted molar refractivity (Wildman–Crippen MR) is 66.9 cm³/mol. The van der Waals surface area contributed by atoms with Crippen LogP contribution in [0.25, 0.3) is 0 Å². The van der Waals surface area contributed by atoms with Crippen LogP contribution in [0.2, 0.25) is 0 Å². The van der Waals surface area contributed by atoms with Crippen LogP contribution in [0.3, 0.4) is 0 Å². The van der Waals surface area contributed by atoms with Crippen molar-refractivity contribution in [1.82, 2.24) is 9.88 Å². The molecule has 2 amide bonds. The van der Waals surface area contributed by atoms with Crippen molar-refractivity contribution < 1.29 is 14.7 Å². The molecule has 2 heterocycles. The second-order valence-corrected chi connectivity index (χ2v) is 4.49. The van der Waals surface area contributed by atoms with Gasteiger partial charge in [0, 0.05) is 25.0 Å². The number of piperidine rings is 1. The number of nitrogens with zero attached hydrogens (tertiary/aromatic N) is 1. The fourth-order valence-corrected chi connectivity index (χ4v) is 2.19. The van der Waals surface area contributed by atoms with E-state index in [1.54, 1.807) is 11.8 Å². The maximum Gasteiger partial charge on any atom is 0.339 e. The Morgan fingerprint density at radius 1 is 1.33 bits per heavy atom. The van der Waals surface area contributed by atoms with Crippen LogP contribution in [0, 0.1) is 6.92 Å². The molecule has 0 spiro atoms. The third kappa shape index (κ3) is 2.47. The molecule has 1 fully saturated rings. The molecule has 0 bridgehead atoms. The molecule has 0 aliphatic carbocycles. The Balaban J connectivity index is 2.09. The summed E-state index contributed by atoms with van der Waals surface area (Å²) in [6.45, 7) is 3.13. The molecule has 6 nitrogen and oxygen atoms in total. The first-order valence-electron chi connectivity index (χ1n) is 6.07. The number of rotatable bonds is 2. The molecule has 1 aliphatic heterocycles. The Labute approximate surface area is 105 Å². The lowest BCUT2D eigenvalue weighted by molar-refractivity contribution is 0.0697. The van der Waals surface area contributed by atoms with Crippen molar-refractivity contribution in [2.24, 2.45) is 0 Å². The van der Waals surface area contributed by atoms with Crippen LogP contribution in [-0.2, 0) is 0 Å². The molecular formula is C12H17N3O3. The number of carboxylic acids is 1. The number of anilines is 1. The van der Waals surface area contributed by atoms with Crippen LogP contribution < -0.4 is 5.32 Å². The minimum atomic E-state index is -1.04. The number of aryl methyl sites for hydroxylation is 1. The molecule has 2 rings (SSSR count). The molecule has 0 radical (unpaired) electrons. The molecule has 0 aromatic carbocycles. The Morgan fingerprint density at radius 3 is 2.61 bits per heavy atom. The fraction of sp³-hybridized carbons (Fsp3) is 0.500. The molecule has 3 N–H and O–H groups in total. The van der Waals surface area contributed by atoms with Crippen LogP contribution in [-0.4, -0.2) is 40.1 Å². The van der Waals surface area contributed by atoms with E-state index >= 15 is 0 Å². The zero-order valence-electron chi connectivity index (χ0n) is 10.3. The molecule has 0 atom stereocenters. The van der Waals surface area contributed by atoms with Gasteiger partial charge in [-0.1, -0.05) is 0 Å². The van der Waals surface area contributed by atoms with Crippen LogP contribution in [0.1, 0.15) is 35.3 Å². The van der Waals surface area contributed by atoms with Gasteiger partial charge >= 0.3 is 12.0 Å². The maximum absolute atomic E-state index is 12.0. The average Bonchev–Trinajstić information content (AvgIpc) is 2.71. The lowest BCUT2D eigenvalue weighted by atomic mass is 10.1. The number of carboxylic acid groups (broad SMARTS) is 1. The third-order valence-corrected chi connectivity index (χ3v) is 3.18. The zero-order valence-corrected chi connectivity index (χ0v) is 10.3. The number of amides is 2. The number of hydrogen-bond donors (Lipinski definition) is 3. The number of nitrogens with one attached hydrogen (secondary N) is 2. The van der Waals surface area contributed by atoms with Crippen molar-refractivity contribution in [3.8, 4) is 0 Å². The van der Waals surface area contributed by atoms with E-state index in [-0.39, 0.29) is 11.6 Å². The summed E-state index contributed by atoms with van der Waals surface area (Å²) < 4.78 is 0. The van der Waals surface area contributed by atoms with E-state index in [9.17, 15) is 9.59 Å². The van der Waals surface area contributed by atoms with E-state index in [1.807, 2.05) is 0 Å². The van der Waals surface area contributed by atoms with E-state index < -0.39 is 5.97 Å². The van der Waals surface area contributed by atoms with E-state index in [2.05, 4.69) is 10.3 Å². The van der Waals surface area contributed by atoms with Crippen molar-refractivity contribution in [3.63, 3.8) is 0 Å². The Morgan fingerprint density at radius 2 is 2.00 bits per heavy atom. The number of carbonyl (C=O) groups is 2. The summed E-state index contributed by atoms with van der Waals surface area (Å²) >= 11 is 0. The average molecular weight is 251 g/mol. The first-order valence-corrected chi connectivity index (χ1v) is 6.07. The molecular weight excluding hydrogens is 234 g/mol. The summed E-state index contributed by atoms with van der Waals surface area (Å²) in [4.78, 5) is 27.6. The van der Waals surface area contributed by atoms with Gasteiger partial charge in [-0.05, 0) is 26.2 Å². The molecule has 18 heavy (non-hydrogen) atoms. The molecule has 0 unspecified atom stereocenters. The number of aromatic amines is 1. The van der Waals surface area contributed by atoms with Crippen molar-refractivity contribution in [3.05, 3.63) is 17.5 Å². The predicted octanol–water partition coefficient (Wildman–Crippen LogP) is 2.04. The summed E-state index contributed by atoms with van der Waals surface area (Å²) in [6.07, 6.45) is 4.67. The second-order valence-electron chi connectivity index (χ2n) is 4.49. The third-order valence-electron chi connectivity index (χ3n) is 3.18. The van der Waals surface area contributed by atoms with Crippen molar-refractivity contribution in [1.29, 1.82) is 0 Å². The summed E-state index contributed by atoms with van der Waals surface area (Å²) in [5.74, 6) is -1.04. The van der Waals surface area contributed by atoms with Gasteiger partial charge in [-0.2, -0.15) is 0 Å². The topological polar surface area (TPSA) is 85.4 Å². The van der Waals surface area contributed by atoms with E-state index in [0.717, 1.165) is 32.4 Å². The van der Waals surface area contributed by atoms with Crippen molar-refractivity contribution >= 4 is 17.7 Å². The first kappa shape index (κ1) is 12.5. The lowest BCUT2D eigenvalue weighted by Gasteiger charge is -2.26. The highest BCUT2D eigenvalue weighted by atomic mass is 16.4. The van der Waals surface area contributed by atoms with E-state index in [0.29, 0.717) is 11.4 Å². The van der Waals surface area contributed by atoms with Gasteiger partial charge < -0.3 is 20.3 Å². The van der Waals surface area contributed by atoms with Gasteiger partial charge in [0.1, 0.15) is 5.56 Å². The highest BCUT2D eigenvalue weighted by molar-refractivity contribution is 6.01. The molecule has 1 aliphatic rings. The lowest BCUT2D eigenvalue weighted by Crippen LogP contribution is -2.38. The van der Waals surface area contributed by atoms with Crippen molar-refractivity contribution in [2.75, 3.05) is 18.4 Å². The normalized spacial score (nSPS) is 15.5. The highest BCUT2D eigenvalue weighted by Gasteiger charge is 2.21. The standard InChI is InChI=1S/C12H17N3O3/c1-8-10(11(16)17)9(7-13-8)14-12(18)15-5-3-2-4-6-15/h7,13H,2-6H2,1H3,(H,14,18)(H,16,17). The number of aromatic carboxylic acids is 1. The minimum absolute atomic E-state index is 0.125. The Kier molecular flexibility index (Phi) is 3.55. The van der Waals surface area contributed by atoms with Gasteiger partial charge in [-0.15, -0.1) is 0 Å². The summed E-state index contributed by atoms with van der Waals surface area (Å²) in [7, 11) is 0. The van der Waals surface area contributed by atoms with Gasteiger partial charge in [0.05, 0.1) is 5.69 Å². The summed E-state index contributed by atoms with van der Waals surface area (Å²) in [5.41, 5.74) is 0.993. The summed E-state index contributed by atoms with van der Waals surface area (Å²) in [6, 6.07) is -0.226. The molecule has 98 valence electrons. The monoisotopic (exact) mass is 251 g/mol. The van der Waals surface area contributed by atoms with Gasteiger partial charge in [0.15, 0.2) is 0 Å². The zero-order chi connectivity index (χ0) is 13.1. The van der Waals surface area contributed by atoms with Crippen LogP contribution in [0.5, 0.6) is 0 Å². The number of carbonyl (C=O) groups excluding carboxylic acids is 1. The highest BCUT2D eigenvalue weighted by Crippen LogP contribution is 2.20. The van der Waals surface area contributed by atoms with E-state index in [1.165, 1.54) is 6.20 Å². The first-order chi connectivity index (χ1) is 8.59. The number of hydrogen-bond acceptors (Lipinski definition) is 2. The van der Waals surface area contributed by atoms with Crippen LogP contribution in [0.4, 0.5) is 10.5 Å². The minimum Gasteiger partial charge on any atom is -0.478 e. The largest absolute Gasteiger partial charge is 0.478 e. The smallest absolute Gasteiger partial charge is 0.339 e. The second kappa shape index (κ2) is 5.12. The number of H-pyrrole nitrogens is 1. The van der Waals surface area contributed by atoms with Gasteiger partial charge in [0.25, 0.3) is 0 Å². The number of urea groups is 1. The molecule has 6 heteroatoms. The maximum atomic E-state index is 12.0. The van der Waals surface area contributed by atoms with Crippen LogP contribution >= 0.6 is 0 Å². The molecule has 1 aromatic heterocycles. The molecule has 1 saturated heterocycles. The van der Waals surface area contributed by atoms with Crippen molar-refractivity contribution in [2.45, 2.75) is 26.2 Å². The SMILES string of the molecule is Cc1[nH]cc(NC(=O)N2CCCCC2)c1C(=O)O. The molecule has 1 aromatic rings. The number of likely N-dealkylation sites (tertiary alicyclic amines) is 1. The Bertz CT molecular complexity index is 461. The van der Waals surface area contributed by atoms with Crippen LogP contribution in [0.15, 0.2) is 6.20 Å². The van der Waals surface area contributed by atoms with E-state index in [4.69, 9.17) is 5.11 Å². The molecule has 0 saturated carbocycles. The quantitative estimate of drug-likeness (QED) is 0.751.